The maximum atomic E-state index is 14.4. The molecule has 4 atom stereocenters. The molecule has 0 radical (unpaired) electrons. The van der Waals surface area contributed by atoms with Crippen LogP contribution in [0.2, 0.25) is 0 Å². The molecule has 6 heteroatoms. The van der Waals surface area contributed by atoms with E-state index in [1.54, 1.807) is 0 Å². The molecule has 2 saturated heterocycles. The van der Waals surface area contributed by atoms with E-state index in [1.165, 1.54) is 4.90 Å². The summed E-state index contributed by atoms with van der Waals surface area (Å²) in [5.74, 6) is -2.78. The molecule has 2 amide bonds. The Kier molecular flexibility index (Phi) is 6.27. The monoisotopic (exact) mass is 554 g/mol. The van der Waals surface area contributed by atoms with Crippen molar-refractivity contribution in [3.8, 4) is 0 Å². The van der Waals surface area contributed by atoms with E-state index in [-0.39, 0.29) is 11.8 Å². The fourth-order valence-electron chi connectivity index (χ4n) is 6.85. The molecule has 0 saturated carbocycles. The minimum Gasteiger partial charge on any atom is -0.451 e. The summed E-state index contributed by atoms with van der Waals surface area (Å²) in [4.78, 5) is 46.1. The van der Waals surface area contributed by atoms with Crippen molar-refractivity contribution < 1.29 is 19.1 Å². The summed E-state index contributed by atoms with van der Waals surface area (Å²) in [6.07, 6.45) is 3.27. The van der Waals surface area contributed by atoms with E-state index in [9.17, 15) is 14.4 Å². The number of carbonyl (C=O) groups is 3. The molecule has 4 aromatic carbocycles. The number of carbonyl (C=O) groups excluding carboxylic acids is 3. The number of aryl methyl sites for hydroxylation is 2. The molecule has 208 valence electrons. The number of rotatable bonds is 5. The van der Waals surface area contributed by atoms with Crippen LogP contribution in [0.15, 0.2) is 109 Å². The summed E-state index contributed by atoms with van der Waals surface area (Å²) in [6.45, 7) is 3.87. The highest BCUT2D eigenvalue weighted by Crippen LogP contribution is 2.50. The fourth-order valence-corrected chi connectivity index (χ4v) is 6.85. The van der Waals surface area contributed by atoms with E-state index < -0.39 is 36.0 Å². The highest BCUT2D eigenvalue weighted by molar-refractivity contribution is 6.25. The number of ether oxygens (including phenoxy) is 1. The van der Waals surface area contributed by atoms with Gasteiger partial charge in [-0.05, 0) is 48.2 Å². The summed E-state index contributed by atoms with van der Waals surface area (Å²) in [5, 5.41) is 0. The van der Waals surface area contributed by atoms with E-state index in [0.717, 1.165) is 33.5 Å². The summed E-state index contributed by atoms with van der Waals surface area (Å²) >= 11 is 0. The molecule has 0 bridgehead atoms. The van der Waals surface area contributed by atoms with E-state index in [0.29, 0.717) is 5.69 Å². The Labute approximate surface area is 244 Å². The smallest absolute Gasteiger partial charge is 0.330 e. The SMILES string of the molecule is Cc1ccc(N2C(=O)[C@@H]3[C@@H](C2=O)[C@@H]2C=Cc4ccccc4N2[C@@H]3C(=O)OC(c2ccccc2)c2ccccc2)c(C)c1. The van der Waals surface area contributed by atoms with E-state index in [2.05, 4.69) is 0 Å². The summed E-state index contributed by atoms with van der Waals surface area (Å²) in [5.41, 5.74) is 5.85. The van der Waals surface area contributed by atoms with E-state index >= 15 is 0 Å². The summed E-state index contributed by atoms with van der Waals surface area (Å²) < 4.78 is 6.36. The number of amides is 2. The third-order valence-electron chi connectivity index (χ3n) is 8.69. The Morgan fingerprint density at radius 2 is 1.36 bits per heavy atom. The second-order valence-corrected chi connectivity index (χ2v) is 11.3. The van der Waals surface area contributed by atoms with Gasteiger partial charge in [0, 0.05) is 5.69 Å². The first-order valence-corrected chi connectivity index (χ1v) is 14.2. The number of para-hydroxylation sites is 1. The van der Waals surface area contributed by atoms with Gasteiger partial charge in [0.15, 0.2) is 6.10 Å². The molecule has 0 aliphatic carbocycles. The predicted octanol–water partition coefficient (Wildman–Crippen LogP) is 6.03. The zero-order valence-corrected chi connectivity index (χ0v) is 23.4. The van der Waals surface area contributed by atoms with Gasteiger partial charge in [0.25, 0.3) is 0 Å². The number of nitrogens with zero attached hydrogens (tertiary/aromatic N) is 2. The number of imide groups is 1. The zero-order valence-electron chi connectivity index (χ0n) is 23.4. The lowest BCUT2D eigenvalue weighted by Crippen LogP contribution is -2.49. The van der Waals surface area contributed by atoms with Gasteiger partial charge in [-0.3, -0.25) is 9.59 Å². The molecule has 4 aromatic rings. The van der Waals surface area contributed by atoms with Gasteiger partial charge in [0.1, 0.15) is 6.04 Å². The zero-order chi connectivity index (χ0) is 29.0. The molecule has 0 N–H and O–H groups in total. The Morgan fingerprint density at radius 1 is 0.738 bits per heavy atom. The Morgan fingerprint density at radius 3 is 2.02 bits per heavy atom. The molecular formula is C36H30N2O4. The lowest BCUT2D eigenvalue weighted by molar-refractivity contribution is -0.151. The lowest BCUT2D eigenvalue weighted by atomic mass is 9.88. The van der Waals surface area contributed by atoms with Gasteiger partial charge >= 0.3 is 5.97 Å². The molecule has 0 spiro atoms. The molecule has 3 heterocycles. The number of esters is 1. The van der Waals surface area contributed by atoms with Crippen molar-refractivity contribution in [3.63, 3.8) is 0 Å². The van der Waals surface area contributed by atoms with Crippen molar-refractivity contribution in [2.45, 2.75) is 32.0 Å². The van der Waals surface area contributed by atoms with Crippen molar-refractivity contribution in [1.82, 2.24) is 0 Å². The molecule has 3 aliphatic heterocycles. The number of anilines is 2. The second kappa shape index (κ2) is 10.1. The average Bonchev–Trinajstić information content (AvgIpc) is 3.49. The van der Waals surface area contributed by atoms with Gasteiger partial charge < -0.3 is 9.64 Å². The topological polar surface area (TPSA) is 66.9 Å². The quantitative estimate of drug-likeness (QED) is 0.223. The fraction of sp³-hybridized carbons (Fsp3) is 0.194. The molecule has 2 fully saturated rings. The largest absolute Gasteiger partial charge is 0.451 e. The Hall–Kier alpha value is -4.97. The average molecular weight is 555 g/mol. The maximum Gasteiger partial charge on any atom is 0.330 e. The summed E-state index contributed by atoms with van der Waals surface area (Å²) in [7, 11) is 0. The molecular weight excluding hydrogens is 524 g/mol. The van der Waals surface area contributed by atoms with Crippen LogP contribution in [0.25, 0.3) is 6.08 Å². The maximum absolute atomic E-state index is 14.4. The molecule has 7 rings (SSSR count). The summed E-state index contributed by atoms with van der Waals surface area (Å²) in [6, 6.07) is 31.2. The van der Waals surface area contributed by atoms with Crippen LogP contribution in [0.1, 0.15) is 33.9 Å². The van der Waals surface area contributed by atoms with Crippen LogP contribution in [-0.2, 0) is 19.1 Å². The van der Waals surface area contributed by atoms with Gasteiger partial charge in [0.05, 0.1) is 23.6 Å². The molecule has 6 nitrogen and oxygen atoms in total. The van der Waals surface area contributed by atoms with Crippen molar-refractivity contribution >= 4 is 35.2 Å². The second-order valence-electron chi connectivity index (χ2n) is 11.3. The van der Waals surface area contributed by atoms with Gasteiger partial charge in [-0.1, -0.05) is 109 Å². The number of hydrogen-bond donors (Lipinski definition) is 0. The number of fused-ring (bicyclic) bond motifs is 5. The van der Waals surface area contributed by atoms with Crippen LogP contribution < -0.4 is 9.80 Å². The first-order valence-electron chi connectivity index (χ1n) is 14.2. The van der Waals surface area contributed by atoms with Crippen LogP contribution in [0.4, 0.5) is 11.4 Å². The van der Waals surface area contributed by atoms with E-state index in [1.807, 2.05) is 134 Å². The minimum absolute atomic E-state index is 0.283. The molecule has 0 aromatic heterocycles. The van der Waals surface area contributed by atoms with Crippen molar-refractivity contribution in [3.05, 3.63) is 137 Å². The van der Waals surface area contributed by atoms with Crippen LogP contribution in [0.5, 0.6) is 0 Å². The molecule has 0 unspecified atom stereocenters. The van der Waals surface area contributed by atoms with Crippen molar-refractivity contribution in [2.75, 3.05) is 9.80 Å². The highest BCUT2D eigenvalue weighted by Gasteiger charge is 2.65. The highest BCUT2D eigenvalue weighted by atomic mass is 16.5. The first-order chi connectivity index (χ1) is 20.4. The Balaban J connectivity index is 1.32. The first kappa shape index (κ1) is 26.0. The van der Waals surface area contributed by atoms with Crippen LogP contribution >= 0.6 is 0 Å². The number of hydrogen-bond acceptors (Lipinski definition) is 5. The van der Waals surface area contributed by atoms with E-state index in [4.69, 9.17) is 4.74 Å². The number of benzene rings is 4. The van der Waals surface area contributed by atoms with Gasteiger partial charge in [0.2, 0.25) is 11.8 Å². The normalized spacial score (nSPS) is 22.3. The predicted molar refractivity (Wildman–Crippen MR) is 162 cm³/mol. The van der Waals surface area contributed by atoms with Crippen LogP contribution in [-0.4, -0.2) is 29.9 Å². The van der Waals surface area contributed by atoms with Gasteiger partial charge in [-0.15, -0.1) is 0 Å². The van der Waals surface area contributed by atoms with Crippen LogP contribution in [0, 0.1) is 25.7 Å². The standard InChI is InChI=1S/C36H30N2O4/c1-22-17-19-27(23(2)21-22)38-34(39)30-29-20-18-24-11-9-10-16-28(24)37(29)32(31(30)35(38)40)36(41)42-33(25-12-5-3-6-13-25)26-14-7-4-8-15-26/h3-21,29-33H,1-2H3/t29-,30-,31+,32-/m0/s1. The van der Waals surface area contributed by atoms with Gasteiger partial charge in [-0.2, -0.15) is 0 Å². The van der Waals surface area contributed by atoms with Crippen molar-refractivity contribution in [1.29, 1.82) is 0 Å². The Bertz CT molecular complexity index is 1690. The molecule has 3 aliphatic rings. The third-order valence-corrected chi connectivity index (χ3v) is 8.69. The minimum atomic E-state index is -0.978. The van der Waals surface area contributed by atoms with Crippen LogP contribution in [0.3, 0.4) is 0 Å². The third kappa shape index (κ3) is 4.05. The molecule has 42 heavy (non-hydrogen) atoms. The van der Waals surface area contributed by atoms with Gasteiger partial charge in [-0.25, -0.2) is 9.69 Å². The lowest BCUT2D eigenvalue weighted by Gasteiger charge is -2.36. The van der Waals surface area contributed by atoms with Crippen molar-refractivity contribution in [2.24, 2.45) is 11.8 Å².